The molecule has 0 radical (unpaired) electrons. The molecule has 0 N–H and O–H groups in total. The molecule has 0 spiro atoms. The van der Waals surface area contributed by atoms with Gasteiger partial charge in [0.2, 0.25) is 0 Å². The predicted molar refractivity (Wildman–Crippen MR) is 163 cm³/mol. The Kier molecular flexibility index (Phi) is 7.52. The SMILES string of the molecule is CCCC(c1cccc2nc(OCC)oc(=O)c12)P(Br)(c1ccccc1)(c1ccccc1)c1ccccc1. The van der Waals surface area contributed by atoms with Crippen molar-refractivity contribution in [2.45, 2.75) is 32.3 Å². The van der Waals surface area contributed by atoms with E-state index < -0.39 is 10.9 Å². The summed E-state index contributed by atoms with van der Waals surface area (Å²) in [6, 6.07) is 37.9. The van der Waals surface area contributed by atoms with Crippen LogP contribution in [-0.4, -0.2) is 11.6 Å². The van der Waals surface area contributed by atoms with E-state index in [4.69, 9.17) is 9.15 Å². The maximum atomic E-state index is 13.6. The summed E-state index contributed by atoms with van der Waals surface area (Å²) in [6.07, 6.45) is 1.76. The minimum atomic E-state index is -3.45. The summed E-state index contributed by atoms with van der Waals surface area (Å²) in [5.74, 6) is 0. The summed E-state index contributed by atoms with van der Waals surface area (Å²) < 4.78 is 11.0. The normalized spacial score (nSPS) is 13.5. The molecule has 0 bridgehead atoms. The molecule has 5 rings (SSSR count). The number of aromatic nitrogens is 1. The van der Waals surface area contributed by atoms with E-state index >= 15 is 0 Å². The van der Waals surface area contributed by atoms with Gasteiger partial charge in [0, 0.05) is 0 Å². The van der Waals surface area contributed by atoms with E-state index in [2.05, 4.69) is 106 Å². The van der Waals surface area contributed by atoms with Crippen LogP contribution < -0.4 is 26.3 Å². The molecule has 5 aromatic rings. The molecule has 1 heterocycles. The molecule has 0 amide bonds. The summed E-state index contributed by atoms with van der Waals surface area (Å²) in [6.45, 7) is 4.41. The van der Waals surface area contributed by atoms with Crippen molar-refractivity contribution in [2.75, 3.05) is 6.61 Å². The minimum absolute atomic E-state index is 0.000279. The monoisotopic (exact) mass is 587 g/mol. The number of nitrogens with zero attached hydrogens (tertiary/aromatic N) is 1. The van der Waals surface area contributed by atoms with Gasteiger partial charge < -0.3 is 0 Å². The van der Waals surface area contributed by atoms with Gasteiger partial charge in [0.1, 0.15) is 0 Å². The van der Waals surface area contributed by atoms with Crippen LogP contribution in [0.3, 0.4) is 0 Å². The Morgan fingerprint density at radius 1 is 0.789 bits per heavy atom. The molecule has 38 heavy (non-hydrogen) atoms. The number of hydrogen-bond donors (Lipinski definition) is 0. The second kappa shape index (κ2) is 10.8. The Morgan fingerprint density at radius 2 is 1.32 bits per heavy atom. The first-order valence-corrected chi connectivity index (χ1v) is 17.3. The zero-order chi connectivity index (χ0) is 26.6. The zero-order valence-corrected chi connectivity index (χ0v) is 24.1. The van der Waals surface area contributed by atoms with E-state index in [1.807, 2.05) is 37.3 Å². The van der Waals surface area contributed by atoms with E-state index in [0.717, 1.165) is 18.4 Å². The molecular weight excluding hydrogens is 557 g/mol. The molecule has 0 saturated carbocycles. The predicted octanol–water partition coefficient (Wildman–Crippen LogP) is 7.27. The zero-order valence-electron chi connectivity index (χ0n) is 21.6. The van der Waals surface area contributed by atoms with Crippen LogP contribution in [0.2, 0.25) is 0 Å². The van der Waals surface area contributed by atoms with Gasteiger partial charge in [-0.1, -0.05) is 0 Å². The number of halogens is 1. The fourth-order valence-corrected chi connectivity index (χ4v) is 14.8. The van der Waals surface area contributed by atoms with Crippen LogP contribution in [-0.2, 0) is 0 Å². The van der Waals surface area contributed by atoms with E-state index in [-0.39, 0.29) is 11.7 Å². The summed E-state index contributed by atoms with van der Waals surface area (Å²) in [7, 11) is 0. The number of rotatable bonds is 9. The first kappa shape index (κ1) is 26.3. The summed E-state index contributed by atoms with van der Waals surface area (Å²) in [5, 5.41) is 0.670. The molecule has 0 fully saturated rings. The average molecular weight is 588 g/mol. The van der Waals surface area contributed by atoms with E-state index in [0.29, 0.717) is 17.5 Å². The van der Waals surface area contributed by atoms with Gasteiger partial charge in [-0.25, -0.2) is 0 Å². The Hall–Kier alpha value is -3.27. The van der Waals surface area contributed by atoms with Crippen LogP contribution >= 0.6 is 20.8 Å². The summed E-state index contributed by atoms with van der Waals surface area (Å²) in [5.41, 5.74) is 1.00. The Bertz CT molecular complexity index is 1490. The van der Waals surface area contributed by atoms with Crippen molar-refractivity contribution in [3.8, 4) is 6.08 Å². The first-order valence-electron chi connectivity index (χ1n) is 13.0. The molecule has 0 aliphatic carbocycles. The van der Waals surface area contributed by atoms with E-state index in [1.165, 1.54) is 15.9 Å². The molecule has 0 aliphatic rings. The number of ether oxygens (including phenoxy) is 1. The van der Waals surface area contributed by atoms with Gasteiger partial charge in [-0.05, 0) is 0 Å². The molecule has 0 saturated heterocycles. The standard InChI is InChI=1S/C32H31BrNO3P/c1-3-15-29(27-22-14-23-28-30(27)31(35)37-32(34-28)36-4-2)38(33,24-16-8-5-9-17-24,25-18-10-6-11-19-25)26-20-12-7-13-21-26/h5-14,16-23,29H,3-4,15H2,1-2H3. The molecular formula is C32H31BrNO3P. The number of benzene rings is 4. The molecule has 1 atom stereocenters. The maximum absolute atomic E-state index is 13.6. The number of fused-ring (bicyclic) bond motifs is 1. The van der Waals surface area contributed by atoms with Crippen LogP contribution in [0, 0.1) is 0 Å². The van der Waals surface area contributed by atoms with E-state index in [9.17, 15) is 4.79 Å². The van der Waals surface area contributed by atoms with Crippen LogP contribution in [0.25, 0.3) is 10.9 Å². The van der Waals surface area contributed by atoms with Gasteiger partial charge in [-0.15, -0.1) is 0 Å². The van der Waals surface area contributed by atoms with Crippen LogP contribution in [0.1, 0.15) is 37.9 Å². The fourth-order valence-electron chi connectivity index (χ4n) is 5.67. The Morgan fingerprint density at radius 3 is 1.79 bits per heavy atom. The second-order valence-corrected chi connectivity index (χ2v) is 18.1. The first-order chi connectivity index (χ1) is 18.5. The van der Waals surface area contributed by atoms with E-state index in [1.54, 1.807) is 0 Å². The molecule has 4 aromatic carbocycles. The van der Waals surface area contributed by atoms with Crippen molar-refractivity contribution in [2.24, 2.45) is 0 Å². The quantitative estimate of drug-likeness (QED) is 0.170. The summed E-state index contributed by atoms with van der Waals surface area (Å²) >= 11 is 4.62. The number of hydrogen-bond acceptors (Lipinski definition) is 4. The van der Waals surface area contributed by atoms with Crippen molar-refractivity contribution in [3.63, 3.8) is 0 Å². The fraction of sp³-hybridized carbons (Fsp3) is 0.188. The molecule has 1 unspecified atom stereocenters. The summed E-state index contributed by atoms with van der Waals surface area (Å²) in [4.78, 5) is 18.1. The van der Waals surface area contributed by atoms with Crippen molar-refractivity contribution >= 4 is 47.6 Å². The van der Waals surface area contributed by atoms with Crippen molar-refractivity contribution in [1.82, 2.24) is 4.98 Å². The topological polar surface area (TPSA) is 52.3 Å². The molecule has 0 aliphatic heterocycles. The van der Waals surface area contributed by atoms with Gasteiger partial charge in [-0.3, -0.25) is 0 Å². The van der Waals surface area contributed by atoms with Gasteiger partial charge in [0.25, 0.3) is 0 Å². The molecule has 194 valence electrons. The molecule has 6 heteroatoms. The van der Waals surface area contributed by atoms with Gasteiger partial charge >= 0.3 is 232 Å². The molecule has 4 nitrogen and oxygen atoms in total. The molecule has 1 aromatic heterocycles. The Labute approximate surface area is 231 Å². The van der Waals surface area contributed by atoms with Crippen LogP contribution in [0.15, 0.2) is 118 Å². The third-order valence-corrected chi connectivity index (χ3v) is 18.0. The van der Waals surface area contributed by atoms with Gasteiger partial charge in [0.05, 0.1) is 0 Å². The van der Waals surface area contributed by atoms with Gasteiger partial charge in [-0.2, -0.15) is 0 Å². The average Bonchev–Trinajstić information content (AvgIpc) is 2.97. The Balaban J connectivity index is 1.96. The third-order valence-electron chi connectivity index (χ3n) is 7.23. The van der Waals surface area contributed by atoms with Gasteiger partial charge in [0.15, 0.2) is 0 Å². The van der Waals surface area contributed by atoms with Crippen molar-refractivity contribution < 1.29 is 9.15 Å². The van der Waals surface area contributed by atoms with Crippen molar-refractivity contribution in [1.29, 1.82) is 0 Å². The van der Waals surface area contributed by atoms with Crippen LogP contribution in [0.5, 0.6) is 6.08 Å². The van der Waals surface area contributed by atoms with Crippen LogP contribution in [0.4, 0.5) is 0 Å². The second-order valence-electron chi connectivity index (χ2n) is 9.33. The third kappa shape index (κ3) is 4.19. The van der Waals surface area contributed by atoms with Crippen molar-refractivity contribution in [3.05, 3.63) is 125 Å².